The van der Waals surface area contributed by atoms with Crippen molar-refractivity contribution in [3.05, 3.63) is 45.9 Å². The monoisotopic (exact) mass is 407 g/mol. The molecule has 0 radical (unpaired) electrons. The van der Waals surface area contributed by atoms with Gasteiger partial charge in [0.05, 0.1) is 11.7 Å². The topological polar surface area (TPSA) is 88.2 Å². The first-order valence-electron chi connectivity index (χ1n) is 8.71. The summed E-state index contributed by atoms with van der Waals surface area (Å²) in [5.74, 6) is -0.474. The molecule has 0 spiro atoms. The average Bonchev–Trinajstić information content (AvgIpc) is 3.14. The zero-order chi connectivity index (χ0) is 19.6. The Balaban J connectivity index is 1.97. The molecule has 0 saturated heterocycles. The van der Waals surface area contributed by atoms with Crippen molar-refractivity contribution in [1.29, 1.82) is 0 Å². The quantitative estimate of drug-likeness (QED) is 0.581. The summed E-state index contributed by atoms with van der Waals surface area (Å²) < 4.78 is 0. The molecule has 0 unspecified atom stereocenters. The normalized spacial score (nSPS) is 11.6. The maximum Gasteiger partial charge on any atom is 0.263 e. The number of halogens is 1. The number of amides is 2. The molecule has 0 bridgehead atoms. The van der Waals surface area contributed by atoms with Crippen molar-refractivity contribution in [2.75, 3.05) is 5.32 Å². The number of rotatable bonds is 10. The fraction of sp³-hybridized carbons (Fsp3) is 0.368. The van der Waals surface area contributed by atoms with Gasteiger partial charge in [0, 0.05) is 17.1 Å². The summed E-state index contributed by atoms with van der Waals surface area (Å²) >= 11 is 7.17. The van der Waals surface area contributed by atoms with Gasteiger partial charge in [0.1, 0.15) is 16.7 Å². The molecule has 1 heterocycles. The molecular weight excluding hydrogens is 386 g/mol. The van der Waals surface area contributed by atoms with Gasteiger partial charge in [-0.05, 0) is 38.0 Å². The second-order valence-corrected chi connectivity index (χ2v) is 7.52. The van der Waals surface area contributed by atoms with Crippen molar-refractivity contribution in [3.8, 4) is 0 Å². The SMILES string of the molecule is CC(=O)CCCCC[C@H](NC(=O)c1cncs1)C(=O)Nc1cccc(Cl)c1. The number of carbonyl (C=O) groups is 3. The Morgan fingerprint density at radius 1 is 1.22 bits per heavy atom. The number of carbonyl (C=O) groups excluding carboxylic acids is 3. The molecule has 0 aliphatic rings. The van der Waals surface area contributed by atoms with Crippen LogP contribution in [0, 0.1) is 0 Å². The summed E-state index contributed by atoms with van der Waals surface area (Å²) in [5, 5.41) is 6.08. The molecule has 2 rings (SSSR count). The predicted molar refractivity (Wildman–Crippen MR) is 107 cm³/mol. The fourth-order valence-corrected chi connectivity index (χ4v) is 3.23. The number of thiazole rings is 1. The van der Waals surface area contributed by atoms with E-state index in [9.17, 15) is 14.4 Å². The number of unbranched alkanes of at least 4 members (excludes halogenated alkanes) is 2. The summed E-state index contributed by atoms with van der Waals surface area (Å²) in [6.07, 6.45) is 4.81. The number of Topliss-reactive ketones (excluding diaryl/α,β-unsaturated/α-hetero) is 1. The van der Waals surface area contributed by atoms with Crippen LogP contribution < -0.4 is 10.6 Å². The predicted octanol–water partition coefficient (Wildman–Crippen LogP) is 4.07. The first kappa shape index (κ1) is 21.1. The minimum atomic E-state index is -0.684. The maximum atomic E-state index is 12.7. The van der Waals surface area contributed by atoms with Gasteiger partial charge in [-0.25, -0.2) is 0 Å². The van der Waals surface area contributed by atoms with E-state index in [1.807, 2.05) is 0 Å². The van der Waals surface area contributed by atoms with E-state index >= 15 is 0 Å². The Labute approximate surface area is 167 Å². The first-order chi connectivity index (χ1) is 13.0. The van der Waals surface area contributed by atoms with Crippen LogP contribution in [0.4, 0.5) is 5.69 Å². The van der Waals surface area contributed by atoms with Gasteiger partial charge in [0.25, 0.3) is 5.91 Å². The second-order valence-electron chi connectivity index (χ2n) is 6.19. The number of benzene rings is 1. The maximum absolute atomic E-state index is 12.7. The minimum absolute atomic E-state index is 0.156. The lowest BCUT2D eigenvalue weighted by Crippen LogP contribution is -2.43. The number of nitrogens with one attached hydrogen (secondary N) is 2. The van der Waals surface area contributed by atoms with Gasteiger partial charge in [-0.1, -0.05) is 30.5 Å². The second kappa shape index (κ2) is 10.8. The highest BCUT2D eigenvalue weighted by Crippen LogP contribution is 2.16. The zero-order valence-corrected chi connectivity index (χ0v) is 16.6. The van der Waals surface area contributed by atoms with Crippen molar-refractivity contribution in [2.45, 2.75) is 45.1 Å². The van der Waals surface area contributed by atoms with Crippen molar-refractivity contribution < 1.29 is 14.4 Å². The number of hydrogen-bond donors (Lipinski definition) is 2. The molecule has 0 aliphatic carbocycles. The van der Waals surface area contributed by atoms with Gasteiger partial charge in [-0.3, -0.25) is 14.6 Å². The zero-order valence-electron chi connectivity index (χ0n) is 15.0. The van der Waals surface area contributed by atoms with Crippen LogP contribution in [0.2, 0.25) is 5.02 Å². The van der Waals surface area contributed by atoms with Crippen molar-refractivity contribution in [2.24, 2.45) is 0 Å². The average molecular weight is 408 g/mol. The molecule has 1 atom stereocenters. The summed E-state index contributed by atoms with van der Waals surface area (Å²) in [6.45, 7) is 1.57. The molecule has 8 heteroatoms. The highest BCUT2D eigenvalue weighted by atomic mass is 35.5. The molecule has 1 aromatic carbocycles. The van der Waals surface area contributed by atoms with Crippen LogP contribution in [0.3, 0.4) is 0 Å². The summed E-state index contributed by atoms with van der Waals surface area (Å²) in [7, 11) is 0. The molecule has 2 aromatic rings. The number of ketones is 1. The third-order valence-corrected chi connectivity index (χ3v) is 4.90. The van der Waals surface area contributed by atoms with Crippen LogP contribution in [0.15, 0.2) is 36.0 Å². The van der Waals surface area contributed by atoms with E-state index in [0.717, 1.165) is 19.3 Å². The third-order valence-electron chi connectivity index (χ3n) is 3.89. The van der Waals surface area contributed by atoms with E-state index in [-0.39, 0.29) is 17.6 Å². The largest absolute Gasteiger partial charge is 0.339 e. The lowest BCUT2D eigenvalue weighted by molar-refractivity contribution is -0.118. The minimum Gasteiger partial charge on any atom is -0.339 e. The molecule has 27 heavy (non-hydrogen) atoms. The Morgan fingerprint density at radius 2 is 2.04 bits per heavy atom. The Bertz CT molecular complexity index is 780. The van der Waals surface area contributed by atoms with Gasteiger partial charge in [0.15, 0.2) is 0 Å². The number of aromatic nitrogens is 1. The fourth-order valence-electron chi connectivity index (χ4n) is 2.52. The smallest absolute Gasteiger partial charge is 0.263 e. The van der Waals surface area contributed by atoms with Crippen LogP contribution in [-0.2, 0) is 9.59 Å². The molecule has 0 saturated carbocycles. The van der Waals surface area contributed by atoms with E-state index in [0.29, 0.717) is 28.4 Å². The lowest BCUT2D eigenvalue weighted by atomic mass is 10.1. The molecule has 0 aliphatic heterocycles. The van der Waals surface area contributed by atoms with Gasteiger partial charge in [-0.2, -0.15) is 0 Å². The van der Waals surface area contributed by atoms with E-state index in [2.05, 4.69) is 15.6 Å². The Morgan fingerprint density at radius 3 is 2.70 bits per heavy atom. The summed E-state index contributed by atoms with van der Waals surface area (Å²) in [5.41, 5.74) is 2.14. The van der Waals surface area contributed by atoms with Crippen LogP contribution in [0.25, 0.3) is 0 Å². The van der Waals surface area contributed by atoms with Crippen LogP contribution in [0.5, 0.6) is 0 Å². The van der Waals surface area contributed by atoms with E-state index in [1.54, 1.807) is 36.7 Å². The van der Waals surface area contributed by atoms with Crippen LogP contribution >= 0.6 is 22.9 Å². The molecule has 6 nitrogen and oxygen atoms in total. The molecule has 144 valence electrons. The molecule has 0 fully saturated rings. The van der Waals surface area contributed by atoms with Crippen molar-refractivity contribution >= 4 is 46.2 Å². The Kier molecular flexibility index (Phi) is 8.42. The van der Waals surface area contributed by atoms with Crippen LogP contribution in [0.1, 0.15) is 48.7 Å². The highest BCUT2D eigenvalue weighted by molar-refractivity contribution is 7.11. The molecular formula is C19H22ClN3O3S. The summed E-state index contributed by atoms with van der Waals surface area (Å²) in [6, 6.07) is 6.16. The molecule has 2 N–H and O–H groups in total. The first-order valence-corrected chi connectivity index (χ1v) is 9.96. The standard InChI is InChI=1S/C19H22ClN3O3S/c1-13(24)6-3-2-4-9-16(23-19(26)17-11-21-12-27-17)18(25)22-15-8-5-7-14(20)10-15/h5,7-8,10-12,16H,2-4,6,9H2,1H3,(H,22,25)(H,23,26)/t16-/m0/s1. The molecule has 2 amide bonds. The highest BCUT2D eigenvalue weighted by Gasteiger charge is 2.22. The van der Waals surface area contributed by atoms with Crippen LogP contribution in [-0.4, -0.2) is 28.6 Å². The van der Waals surface area contributed by atoms with Crippen molar-refractivity contribution in [1.82, 2.24) is 10.3 Å². The number of anilines is 1. The van der Waals surface area contributed by atoms with Gasteiger partial charge in [0.2, 0.25) is 5.91 Å². The molecule has 1 aromatic heterocycles. The van der Waals surface area contributed by atoms with Crippen molar-refractivity contribution in [3.63, 3.8) is 0 Å². The van der Waals surface area contributed by atoms with Gasteiger partial charge in [-0.15, -0.1) is 11.3 Å². The Hall–Kier alpha value is -2.25. The van der Waals surface area contributed by atoms with E-state index in [4.69, 9.17) is 11.6 Å². The van der Waals surface area contributed by atoms with Gasteiger partial charge >= 0.3 is 0 Å². The van der Waals surface area contributed by atoms with E-state index in [1.165, 1.54) is 17.5 Å². The van der Waals surface area contributed by atoms with E-state index < -0.39 is 6.04 Å². The lowest BCUT2D eigenvalue weighted by Gasteiger charge is -2.18. The third kappa shape index (κ3) is 7.48. The number of nitrogens with zero attached hydrogens (tertiary/aromatic N) is 1. The summed E-state index contributed by atoms with van der Waals surface area (Å²) in [4.78, 5) is 40.3. The number of hydrogen-bond acceptors (Lipinski definition) is 5. The van der Waals surface area contributed by atoms with Gasteiger partial charge < -0.3 is 15.4 Å².